The average molecular weight is 298 g/mol. The van der Waals surface area contributed by atoms with Crippen LogP contribution in [0.1, 0.15) is 13.8 Å². The van der Waals surface area contributed by atoms with Crippen molar-refractivity contribution in [1.82, 2.24) is 0 Å². The van der Waals surface area contributed by atoms with Crippen molar-refractivity contribution in [3.05, 3.63) is 22.2 Å². The van der Waals surface area contributed by atoms with Crippen LogP contribution in [0.2, 0.25) is 0 Å². The number of hydrogen-bond donors (Lipinski definition) is 0. The molecule has 1 aromatic rings. The van der Waals surface area contributed by atoms with Gasteiger partial charge in [0.1, 0.15) is 19.1 Å². The molecular weight excluding hydrogens is 279 g/mol. The molecule has 2 rings (SSSR count). The number of ether oxygens (including phenoxy) is 1. The lowest BCUT2D eigenvalue weighted by Crippen LogP contribution is -2.39. The molecule has 0 fully saturated rings. The van der Waals surface area contributed by atoms with E-state index < -0.39 is 12.1 Å². The second kappa shape index (κ2) is 5.09. The first-order valence-electron chi connectivity index (χ1n) is 6.50. The molecule has 0 saturated carbocycles. The van der Waals surface area contributed by atoms with Crippen LogP contribution >= 0.6 is 7.14 Å². The molecule has 0 atom stereocenters. The fraction of sp³-hybridized carbons (Fsp3) is 0.538. The molecule has 1 heterocycles. The van der Waals surface area contributed by atoms with E-state index in [1.54, 1.807) is 6.07 Å². The molecule has 0 spiro atoms. The zero-order chi connectivity index (χ0) is 15.1. The van der Waals surface area contributed by atoms with Crippen molar-refractivity contribution in [3.8, 4) is 5.75 Å². The fourth-order valence-electron chi connectivity index (χ4n) is 2.49. The Hall–Kier alpha value is -1.55. The number of benzene rings is 1. The third-order valence-corrected chi connectivity index (χ3v) is 4.85. The number of nitro groups is 1. The van der Waals surface area contributed by atoms with E-state index in [0.29, 0.717) is 12.4 Å². The molecule has 110 valence electrons. The summed E-state index contributed by atoms with van der Waals surface area (Å²) < 4.78 is 18.1. The van der Waals surface area contributed by atoms with Crippen molar-refractivity contribution in [2.24, 2.45) is 0 Å². The van der Waals surface area contributed by atoms with Gasteiger partial charge in [-0.25, -0.2) is 0 Å². The third-order valence-electron chi connectivity index (χ3n) is 3.34. The maximum Gasteiger partial charge on any atom is 0.283 e. The molecule has 1 aliphatic heterocycles. The van der Waals surface area contributed by atoms with Gasteiger partial charge in [-0.05, 0) is 33.2 Å². The SMILES string of the molecule is CC(C)N1CCOc2c1ccc([N+](=O)[O-])c2P(C)(C)=O. The minimum absolute atomic E-state index is 0.123. The Balaban J connectivity index is 2.73. The highest BCUT2D eigenvalue weighted by molar-refractivity contribution is 7.70. The smallest absolute Gasteiger partial charge is 0.283 e. The van der Waals surface area contributed by atoms with Crippen molar-refractivity contribution in [2.75, 3.05) is 31.4 Å². The predicted octanol–water partition coefficient (Wildman–Crippen LogP) is 2.45. The summed E-state index contributed by atoms with van der Waals surface area (Å²) in [5, 5.41) is 11.4. The molecule has 0 saturated heterocycles. The van der Waals surface area contributed by atoms with Gasteiger partial charge in [-0.2, -0.15) is 0 Å². The van der Waals surface area contributed by atoms with Gasteiger partial charge in [-0.1, -0.05) is 0 Å². The van der Waals surface area contributed by atoms with Gasteiger partial charge in [0.25, 0.3) is 5.69 Å². The Labute approximate surface area is 118 Å². The van der Waals surface area contributed by atoms with Crippen LogP contribution in [-0.4, -0.2) is 37.4 Å². The first-order chi connectivity index (χ1) is 9.23. The Morgan fingerprint density at radius 1 is 1.40 bits per heavy atom. The van der Waals surface area contributed by atoms with Gasteiger partial charge in [0.2, 0.25) is 0 Å². The lowest BCUT2D eigenvalue weighted by molar-refractivity contribution is -0.383. The molecular formula is C13H19N2O4P. The number of nitrogens with zero attached hydrogens (tertiary/aromatic N) is 2. The summed E-state index contributed by atoms with van der Waals surface area (Å²) in [5.41, 5.74) is 0.665. The molecule has 0 radical (unpaired) electrons. The Bertz CT molecular complexity index is 594. The molecule has 1 aromatic carbocycles. The minimum atomic E-state index is -2.82. The minimum Gasteiger partial charge on any atom is -0.489 e. The van der Waals surface area contributed by atoms with E-state index in [4.69, 9.17) is 4.74 Å². The Morgan fingerprint density at radius 3 is 2.55 bits per heavy atom. The summed E-state index contributed by atoms with van der Waals surface area (Å²) in [6, 6.07) is 3.36. The summed E-state index contributed by atoms with van der Waals surface area (Å²) in [6.45, 7) is 8.33. The Kier molecular flexibility index (Phi) is 3.78. The van der Waals surface area contributed by atoms with E-state index in [0.717, 1.165) is 12.2 Å². The van der Waals surface area contributed by atoms with Crippen molar-refractivity contribution >= 4 is 23.8 Å². The topological polar surface area (TPSA) is 72.7 Å². The number of anilines is 1. The number of hydrogen-bond acceptors (Lipinski definition) is 5. The molecule has 20 heavy (non-hydrogen) atoms. The Morgan fingerprint density at radius 2 is 2.05 bits per heavy atom. The zero-order valence-electron chi connectivity index (χ0n) is 12.1. The van der Waals surface area contributed by atoms with Crippen LogP contribution in [0.5, 0.6) is 5.75 Å². The molecule has 0 unspecified atom stereocenters. The van der Waals surface area contributed by atoms with E-state index in [9.17, 15) is 14.7 Å². The lowest BCUT2D eigenvalue weighted by Gasteiger charge is -2.35. The maximum absolute atomic E-state index is 12.5. The molecule has 0 N–H and O–H groups in total. The first-order valence-corrected chi connectivity index (χ1v) is 9.10. The van der Waals surface area contributed by atoms with Crippen LogP contribution in [0.3, 0.4) is 0 Å². The zero-order valence-corrected chi connectivity index (χ0v) is 13.0. The van der Waals surface area contributed by atoms with Crippen LogP contribution in [0.4, 0.5) is 11.4 Å². The molecule has 0 amide bonds. The van der Waals surface area contributed by atoms with Crippen molar-refractivity contribution < 1.29 is 14.2 Å². The van der Waals surface area contributed by atoms with Crippen LogP contribution in [-0.2, 0) is 4.57 Å². The van der Waals surface area contributed by atoms with Crippen LogP contribution in [0, 0.1) is 10.1 Å². The van der Waals surface area contributed by atoms with Gasteiger partial charge in [0.05, 0.1) is 17.2 Å². The molecule has 0 bridgehead atoms. The predicted molar refractivity (Wildman–Crippen MR) is 80.2 cm³/mol. The number of fused-ring (bicyclic) bond motifs is 1. The van der Waals surface area contributed by atoms with Gasteiger partial charge in [0.15, 0.2) is 5.75 Å². The number of nitro benzene ring substituents is 1. The second-order valence-corrected chi connectivity index (χ2v) is 8.67. The summed E-state index contributed by atoms with van der Waals surface area (Å²) >= 11 is 0. The first kappa shape index (κ1) is 14.9. The standard InChI is InChI=1S/C13H19N2O4P/c1-9(2)14-7-8-19-12-10(14)5-6-11(15(16)17)13(12)20(3,4)18/h5-6,9H,7-8H2,1-4H3. The lowest BCUT2D eigenvalue weighted by atomic mass is 10.2. The van der Waals surface area contributed by atoms with E-state index in [2.05, 4.69) is 4.90 Å². The normalized spacial score (nSPS) is 14.9. The quantitative estimate of drug-likeness (QED) is 0.487. The van der Waals surface area contributed by atoms with E-state index in [1.165, 1.54) is 19.4 Å². The fourth-order valence-corrected chi connectivity index (χ4v) is 3.87. The van der Waals surface area contributed by atoms with Crippen molar-refractivity contribution in [2.45, 2.75) is 19.9 Å². The van der Waals surface area contributed by atoms with Gasteiger partial charge in [-0.15, -0.1) is 0 Å². The maximum atomic E-state index is 12.5. The van der Waals surface area contributed by atoms with Gasteiger partial charge in [-0.3, -0.25) is 10.1 Å². The highest BCUT2D eigenvalue weighted by Gasteiger charge is 2.34. The van der Waals surface area contributed by atoms with E-state index in [1.807, 2.05) is 13.8 Å². The van der Waals surface area contributed by atoms with Crippen LogP contribution in [0.15, 0.2) is 12.1 Å². The number of rotatable bonds is 3. The summed E-state index contributed by atoms with van der Waals surface area (Å²) in [7, 11) is -2.82. The summed E-state index contributed by atoms with van der Waals surface area (Å²) in [5.74, 6) is 0.410. The van der Waals surface area contributed by atoms with Gasteiger partial charge < -0.3 is 14.2 Å². The van der Waals surface area contributed by atoms with Crippen molar-refractivity contribution in [3.63, 3.8) is 0 Å². The van der Waals surface area contributed by atoms with E-state index in [-0.39, 0.29) is 17.0 Å². The largest absolute Gasteiger partial charge is 0.489 e. The third kappa shape index (κ3) is 2.52. The molecule has 0 aliphatic carbocycles. The van der Waals surface area contributed by atoms with E-state index >= 15 is 0 Å². The van der Waals surface area contributed by atoms with Crippen LogP contribution < -0.4 is 14.9 Å². The van der Waals surface area contributed by atoms with Crippen molar-refractivity contribution in [1.29, 1.82) is 0 Å². The highest BCUT2D eigenvalue weighted by atomic mass is 31.2. The summed E-state index contributed by atoms with van der Waals surface area (Å²) in [4.78, 5) is 12.8. The van der Waals surface area contributed by atoms with Gasteiger partial charge in [0, 0.05) is 12.1 Å². The monoisotopic (exact) mass is 298 g/mol. The molecule has 0 aromatic heterocycles. The average Bonchev–Trinajstić information content (AvgIpc) is 2.34. The molecule has 6 nitrogen and oxygen atoms in total. The molecule has 7 heteroatoms. The highest BCUT2D eigenvalue weighted by Crippen LogP contribution is 2.47. The van der Waals surface area contributed by atoms with Gasteiger partial charge >= 0.3 is 0 Å². The molecule has 1 aliphatic rings. The second-order valence-electron chi connectivity index (χ2n) is 5.53. The van der Waals surface area contributed by atoms with Crippen LogP contribution in [0.25, 0.3) is 0 Å². The summed E-state index contributed by atoms with van der Waals surface area (Å²) in [6.07, 6.45) is 0.